The molecule has 0 aliphatic rings. The molecule has 0 saturated carbocycles. The molecule has 1 aromatic carbocycles. The van der Waals surface area contributed by atoms with Crippen LogP contribution in [0.4, 0.5) is 0 Å². The third-order valence-corrected chi connectivity index (χ3v) is 8.99. The number of methoxy groups -OCH3 is 8. The van der Waals surface area contributed by atoms with Gasteiger partial charge in [-0.15, -0.1) is 0 Å². The van der Waals surface area contributed by atoms with E-state index in [9.17, 15) is 9.59 Å². The van der Waals surface area contributed by atoms with Gasteiger partial charge in [-0.2, -0.15) is 0 Å². The number of hydrogen-bond donors (Lipinski definition) is 2. The van der Waals surface area contributed by atoms with Crippen molar-refractivity contribution in [3.05, 3.63) is 25.1 Å². The van der Waals surface area contributed by atoms with Gasteiger partial charge >= 0.3 is 5.97 Å². The van der Waals surface area contributed by atoms with Crippen molar-refractivity contribution in [2.45, 2.75) is 48.8 Å². The zero-order chi connectivity index (χ0) is 33.7. The van der Waals surface area contributed by atoms with E-state index >= 15 is 0 Å². The third kappa shape index (κ3) is 9.88. The van der Waals surface area contributed by atoms with Gasteiger partial charge in [0.2, 0.25) is 0 Å². The minimum absolute atomic E-state index is 0.103. The monoisotopic (exact) mass is 730 g/mol. The number of nitrogens with two attached hydrogens (primary N) is 1. The summed E-state index contributed by atoms with van der Waals surface area (Å²) in [5.74, 6) is -1.89. The molecule has 0 radical (unpaired) electrons. The van der Waals surface area contributed by atoms with E-state index in [1.54, 1.807) is 0 Å². The zero-order valence-electron chi connectivity index (χ0n) is 25.5. The largest absolute Gasteiger partial charge is 0.421 e. The molecular formula is C26H39Cl5N2O11. The first-order valence-electron chi connectivity index (χ1n) is 12.8. The molecule has 0 fully saturated rings. The molecule has 0 heterocycles. The second-order valence-corrected chi connectivity index (χ2v) is 10.9. The van der Waals surface area contributed by atoms with E-state index < -0.39 is 60.7 Å². The molecule has 0 saturated heterocycles. The first-order chi connectivity index (χ1) is 20.9. The fourth-order valence-corrected chi connectivity index (χ4v) is 5.64. The van der Waals surface area contributed by atoms with Gasteiger partial charge in [-0.05, 0) is 0 Å². The lowest BCUT2D eigenvalue weighted by molar-refractivity contribution is -0.175. The topological polar surface area (TPSA) is 155 Å². The van der Waals surface area contributed by atoms with Gasteiger partial charge in [0.1, 0.15) is 40.6 Å². The number of halogens is 5. The number of nitrogens with one attached hydrogen (secondary N) is 1. The van der Waals surface area contributed by atoms with Crippen LogP contribution in [-0.4, -0.2) is 131 Å². The van der Waals surface area contributed by atoms with Crippen LogP contribution in [0.2, 0.25) is 25.1 Å². The molecule has 1 rings (SSSR count). The molecule has 13 nitrogen and oxygen atoms in total. The maximum Gasteiger partial charge on any atom is 0.343 e. The first kappa shape index (κ1) is 41.3. The smallest absolute Gasteiger partial charge is 0.343 e. The van der Waals surface area contributed by atoms with Crippen molar-refractivity contribution in [3.63, 3.8) is 0 Å². The van der Waals surface area contributed by atoms with E-state index in [0.29, 0.717) is 0 Å². The van der Waals surface area contributed by atoms with Gasteiger partial charge in [-0.25, -0.2) is 4.79 Å². The maximum atomic E-state index is 13.3. The molecule has 44 heavy (non-hydrogen) atoms. The Kier molecular flexibility index (Phi) is 19.2. The van der Waals surface area contributed by atoms with E-state index in [0.717, 1.165) is 0 Å². The Morgan fingerprint density at radius 1 is 0.591 bits per heavy atom. The summed E-state index contributed by atoms with van der Waals surface area (Å²) >= 11 is 30.6. The lowest BCUT2D eigenvalue weighted by Gasteiger charge is -2.35. The SMILES string of the molecule is CO[C@@H]([C@H](OC)[C@@H](OC)C(=O)NC[C@@H](OC)[C@@H](OC)[C@H](OC)[C@@H](OC)C(=O)Oc1c(Cl)c(Cl)c(Cl)c(Cl)c1Cl)[C@@H](CN)OC. The minimum Gasteiger partial charge on any atom is -0.421 e. The summed E-state index contributed by atoms with van der Waals surface area (Å²) in [5.41, 5.74) is 5.79. The number of ether oxygens (including phenoxy) is 9. The van der Waals surface area contributed by atoms with Gasteiger partial charge in [0.25, 0.3) is 5.91 Å². The van der Waals surface area contributed by atoms with Crippen molar-refractivity contribution >= 4 is 69.9 Å². The minimum atomic E-state index is -1.42. The van der Waals surface area contributed by atoms with Crippen molar-refractivity contribution in [2.24, 2.45) is 5.73 Å². The van der Waals surface area contributed by atoms with Gasteiger partial charge in [-0.1, -0.05) is 58.0 Å². The molecule has 3 N–H and O–H groups in total. The molecule has 1 amide bonds. The lowest BCUT2D eigenvalue weighted by Crippen LogP contribution is -2.57. The summed E-state index contributed by atoms with van der Waals surface area (Å²) in [6, 6.07) is 0. The van der Waals surface area contributed by atoms with Gasteiger partial charge in [0.05, 0.1) is 21.2 Å². The highest BCUT2D eigenvalue weighted by molar-refractivity contribution is 6.55. The Labute approximate surface area is 281 Å². The summed E-state index contributed by atoms with van der Waals surface area (Å²) in [6.07, 6.45) is -7.83. The Hall–Kier alpha value is -0.750. The summed E-state index contributed by atoms with van der Waals surface area (Å²) < 4.78 is 49.6. The summed E-state index contributed by atoms with van der Waals surface area (Å²) in [5, 5.41) is 1.79. The average Bonchev–Trinajstić information content (AvgIpc) is 3.03. The number of esters is 1. The molecule has 0 aromatic heterocycles. The van der Waals surface area contributed by atoms with Crippen molar-refractivity contribution in [3.8, 4) is 5.75 Å². The molecule has 1 aromatic rings. The van der Waals surface area contributed by atoms with E-state index in [2.05, 4.69) is 5.32 Å². The van der Waals surface area contributed by atoms with E-state index in [4.69, 9.17) is 106 Å². The Morgan fingerprint density at radius 2 is 1.00 bits per heavy atom. The van der Waals surface area contributed by atoms with Crippen molar-refractivity contribution < 1.29 is 52.2 Å². The molecule has 254 valence electrons. The normalized spacial score (nSPS) is 17.2. The Balaban J connectivity index is 3.22. The number of hydrogen-bond acceptors (Lipinski definition) is 12. The predicted molar refractivity (Wildman–Crippen MR) is 166 cm³/mol. The third-order valence-electron chi connectivity index (χ3n) is 6.75. The average molecular weight is 733 g/mol. The number of rotatable bonds is 20. The highest BCUT2D eigenvalue weighted by Gasteiger charge is 2.43. The summed E-state index contributed by atoms with van der Waals surface area (Å²) in [7, 11) is 10.9. The molecule has 0 spiro atoms. The molecule has 0 aliphatic carbocycles. The van der Waals surface area contributed by atoms with Crippen molar-refractivity contribution in [1.29, 1.82) is 0 Å². The van der Waals surface area contributed by atoms with Crippen LogP contribution < -0.4 is 15.8 Å². The summed E-state index contributed by atoms with van der Waals surface area (Å²) in [6.45, 7) is -0.0238. The Morgan fingerprint density at radius 3 is 1.39 bits per heavy atom. The van der Waals surface area contributed by atoms with E-state index in [-0.39, 0.29) is 44.0 Å². The van der Waals surface area contributed by atoms with Gasteiger partial charge in [0, 0.05) is 70.0 Å². The number of amides is 1. The van der Waals surface area contributed by atoms with Gasteiger partial charge < -0.3 is 53.7 Å². The van der Waals surface area contributed by atoms with Crippen LogP contribution in [0.5, 0.6) is 5.75 Å². The highest BCUT2D eigenvalue weighted by Crippen LogP contribution is 2.48. The number of benzene rings is 1. The van der Waals surface area contributed by atoms with Crippen LogP contribution in [0.1, 0.15) is 0 Å². The second-order valence-electron chi connectivity index (χ2n) is 8.96. The van der Waals surface area contributed by atoms with Crippen LogP contribution in [-0.2, 0) is 47.5 Å². The van der Waals surface area contributed by atoms with Crippen LogP contribution in [0.25, 0.3) is 0 Å². The highest BCUT2D eigenvalue weighted by atomic mass is 35.5. The zero-order valence-corrected chi connectivity index (χ0v) is 29.3. The fraction of sp³-hybridized carbons (Fsp3) is 0.692. The van der Waals surface area contributed by atoms with Crippen LogP contribution >= 0.6 is 58.0 Å². The summed E-state index contributed by atoms with van der Waals surface area (Å²) in [4.78, 5) is 26.6. The standard InChI is InChI=1S/C26H39Cl5N2O11/c1-36-11(9-32)18(38-3)21(40-5)23(42-7)25(34)33-10-12(37-2)19(39-4)22(41-6)24(43-8)26(35)44-20-16(30)14(28)13(27)15(29)17(20)31/h11-12,18-19,21-24H,9-10,32H2,1-8H3,(H,33,34)/t11-,12-,18-,19-,21+,22+,23-,24-/m1/s1. The molecule has 0 unspecified atom stereocenters. The number of carbonyl (C=O) groups is 2. The quantitative estimate of drug-likeness (QED) is 0.0877. The van der Waals surface area contributed by atoms with Crippen LogP contribution in [0.15, 0.2) is 0 Å². The lowest BCUT2D eigenvalue weighted by atomic mass is 10.00. The molecule has 0 bridgehead atoms. The molecule has 18 heteroatoms. The number of carbonyl (C=O) groups excluding carboxylic acids is 2. The van der Waals surface area contributed by atoms with Crippen LogP contribution in [0, 0.1) is 0 Å². The first-order valence-corrected chi connectivity index (χ1v) is 14.7. The molecule has 8 atom stereocenters. The molecular weight excluding hydrogens is 694 g/mol. The van der Waals surface area contributed by atoms with Gasteiger partial charge in [-0.3, -0.25) is 4.79 Å². The molecule has 0 aliphatic heterocycles. The van der Waals surface area contributed by atoms with Gasteiger partial charge in [0.15, 0.2) is 18.0 Å². The van der Waals surface area contributed by atoms with E-state index in [1.807, 2.05) is 0 Å². The van der Waals surface area contributed by atoms with Crippen LogP contribution in [0.3, 0.4) is 0 Å². The maximum absolute atomic E-state index is 13.3. The predicted octanol–water partition coefficient (Wildman–Crippen LogP) is 3.05. The second kappa shape index (κ2) is 20.5. The fourth-order valence-electron chi connectivity index (χ4n) is 4.44. The Bertz CT molecular complexity index is 1040. The van der Waals surface area contributed by atoms with Crippen molar-refractivity contribution in [2.75, 3.05) is 70.0 Å². The van der Waals surface area contributed by atoms with E-state index in [1.165, 1.54) is 56.9 Å². The van der Waals surface area contributed by atoms with Crippen molar-refractivity contribution in [1.82, 2.24) is 5.32 Å².